The van der Waals surface area contributed by atoms with Crippen molar-refractivity contribution in [2.24, 2.45) is 5.92 Å². The Morgan fingerprint density at radius 1 is 1.38 bits per heavy atom. The standard InChI is InChI=1S/C10H13NO4S/c1-8(2)7-16(14,15)10-5-3-4-9(6-10)11(12)13/h3-6,8H,7H2,1-2H3. The van der Waals surface area contributed by atoms with Gasteiger partial charge in [-0.3, -0.25) is 10.1 Å². The van der Waals surface area contributed by atoms with Crippen LogP contribution in [0.15, 0.2) is 29.2 Å². The van der Waals surface area contributed by atoms with Crippen molar-refractivity contribution >= 4 is 15.5 Å². The van der Waals surface area contributed by atoms with E-state index in [1.807, 2.05) is 0 Å². The number of nitro groups is 1. The Kier molecular flexibility index (Phi) is 3.64. The zero-order valence-electron chi connectivity index (χ0n) is 9.08. The van der Waals surface area contributed by atoms with E-state index >= 15 is 0 Å². The normalized spacial score (nSPS) is 11.7. The van der Waals surface area contributed by atoms with E-state index in [0.29, 0.717) is 0 Å². The van der Waals surface area contributed by atoms with E-state index in [2.05, 4.69) is 0 Å². The van der Waals surface area contributed by atoms with Crippen molar-refractivity contribution in [2.45, 2.75) is 18.7 Å². The summed E-state index contributed by atoms with van der Waals surface area (Å²) in [4.78, 5) is 9.92. The van der Waals surface area contributed by atoms with Gasteiger partial charge in [0, 0.05) is 12.1 Å². The molecule has 6 heteroatoms. The number of nitro benzene ring substituents is 1. The van der Waals surface area contributed by atoms with Crippen LogP contribution in [-0.2, 0) is 9.84 Å². The number of non-ortho nitro benzene ring substituents is 1. The van der Waals surface area contributed by atoms with Gasteiger partial charge in [0.2, 0.25) is 0 Å². The molecule has 0 aliphatic heterocycles. The monoisotopic (exact) mass is 243 g/mol. The fourth-order valence-electron chi connectivity index (χ4n) is 1.33. The number of hydrogen-bond acceptors (Lipinski definition) is 4. The number of rotatable bonds is 4. The largest absolute Gasteiger partial charge is 0.270 e. The van der Waals surface area contributed by atoms with Crippen molar-refractivity contribution in [1.82, 2.24) is 0 Å². The van der Waals surface area contributed by atoms with Crippen LogP contribution in [0.4, 0.5) is 5.69 Å². The lowest BCUT2D eigenvalue weighted by Crippen LogP contribution is -2.11. The lowest BCUT2D eigenvalue weighted by atomic mass is 10.3. The first-order chi connectivity index (χ1) is 7.33. The predicted molar refractivity (Wildman–Crippen MR) is 60.0 cm³/mol. The van der Waals surface area contributed by atoms with Crippen molar-refractivity contribution in [3.05, 3.63) is 34.4 Å². The summed E-state index contributed by atoms with van der Waals surface area (Å²) < 4.78 is 23.6. The van der Waals surface area contributed by atoms with Crippen LogP contribution in [0.3, 0.4) is 0 Å². The zero-order chi connectivity index (χ0) is 12.3. The fourth-order valence-corrected chi connectivity index (χ4v) is 2.98. The maximum atomic E-state index is 11.8. The summed E-state index contributed by atoms with van der Waals surface area (Å²) in [5.41, 5.74) is -0.204. The van der Waals surface area contributed by atoms with E-state index in [1.54, 1.807) is 13.8 Å². The highest BCUT2D eigenvalue weighted by atomic mass is 32.2. The molecule has 0 aliphatic carbocycles. The third-order valence-electron chi connectivity index (χ3n) is 1.94. The van der Waals surface area contributed by atoms with Gasteiger partial charge >= 0.3 is 0 Å². The number of nitrogens with zero attached hydrogens (tertiary/aromatic N) is 1. The molecule has 0 radical (unpaired) electrons. The molecule has 0 aromatic heterocycles. The Morgan fingerprint density at radius 3 is 2.50 bits per heavy atom. The van der Waals surface area contributed by atoms with Crippen molar-refractivity contribution in [1.29, 1.82) is 0 Å². The van der Waals surface area contributed by atoms with Crippen LogP contribution in [0.25, 0.3) is 0 Å². The first kappa shape index (κ1) is 12.6. The first-order valence-electron chi connectivity index (χ1n) is 4.80. The van der Waals surface area contributed by atoms with Gasteiger partial charge in [-0.2, -0.15) is 0 Å². The molecular weight excluding hydrogens is 230 g/mol. The second-order valence-corrected chi connectivity index (χ2v) is 5.96. The average Bonchev–Trinajstić information content (AvgIpc) is 2.16. The summed E-state index contributed by atoms with van der Waals surface area (Å²) in [6, 6.07) is 5.13. The maximum Gasteiger partial charge on any atom is 0.270 e. The third-order valence-corrected chi connectivity index (χ3v) is 4.02. The molecule has 0 spiro atoms. The van der Waals surface area contributed by atoms with Gasteiger partial charge in [0.05, 0.1) is 15.6 Å². The molecule has 0 unspecified atom stereocenters. The van der Waals surface area contributed by atoms with Gasteiger partial charge in [-0.25, -0.2) is 8.42 Å². The molecule has 16 heavy (non-hydrogen) atoms. The lowest BCUT2D eigenvalue weighted by molar-refractivity contribution is -0.385. The summed E-state index contributed by atoms with van der Waals surface area (Å²) in [5, 5.41) is 10.5. The van der Waals surface area contributed by atoms with Gasteiger partial charge in [0.15, 0.2) is 9.84 Å². The van der Waals surface area contributed by atoms with Crippen LogP contribution < -0.4 is 0 Å². The van der Waals surface area contributed by atoms with E-state index in [9.17, 15) is 18.5 Å². The lowest BCUT2D eigenvalue weighted by Gasteiger charge is -2.06. The Bertz CT molecular complexity index is 493. The molecular formula is C10H13NO4S. The Balaban J connectivity index is 3.14. The second-order valence-electron chi connectivity index (χ2n) is 3.93. The highest BCUT2D eigenvalue weighted by molar-refractivity contribution is 7.91. The summed E-state index contributed by atoms with van der Waals surface area (Å²) >= 11 is 0. The minimum Gasteiger partial charge on any atom is -0.258 e. The van der Waals surface area contributed by atoms with Gasteiger partial charge in [-0.05, 0) is 12.0 Å². The Morgan fingerprint density at radius 2 is 2.00 bits per heavy atom. The second kappa shape index (κ2) is 4.61. The van der Waals surface area contributed by atoms with Gasteiger partial charge in [-0.1, -0.05) is 19.9 Å². The van der Waals surface area contributed by atoms with Crippen molar-refractivity contribution in [2.75, 3.05) is 5.75 Å². The molecule has 1 rings (SSSR count). The van der Waals surface area contributed by atoms with E-state index in [-0.39, 0.29) is 22.3 Å². The van der Waals surface area contributed by atoms with Crippen LogP contribution in [0.5, 0.6) is 0 Å². The fraction of sp³-hybridized carbons (Fsp3) is 0.400. The highest BCUT2D eigenvalue weighted by Crippen LogP contribution is 2.19. The van der Waals surface area contributed by atoms with Gasteiger partial charge < -0.3 is 0 Å². The van der Waals surface area contributed by atoms with Crippen molar-refractivity contribution in [3.8, 4) is 0 Å². The van der Waals surface area contributed by atoms with E-state index in [1.165, 1.54) is 18.2 Å². The minimum atomic E-state index is -3.42. The topological polar surface area (TPSA) is 77.3 Å². The minimum absolute atomic E-state index is 0.00579. The summed E-state index contributed by atoms with van der Waals surface area (Å²) in [6.45, 7) is 3.57. The number of sulfone groups is 1. The molecule has 88 valence electrons. The highest BCUT2D eigenvalue weighted by Gasteiger charge is 2.18. The van der Waals surface area contributed by atoms with E-state index in [0.717, 1.165) is 6.07 Å². The molecule has 0 atom stereocenters. The van der Waals surface area contributed by atoms with Crippen LogP contribution in [0.2, 0.25) is 0 Å². The van der Waals surface area contributed by atoms with Gasteiger partial charge in [0.25, 0.3) is 5.69 Å². The summed E-state index contributed by atoms with van der Waals surface area (Å²) in [7, 11) is -3.42. The van der Waals surface area contributed by atoms with Crippen LogP contribution in [0, 0.1) is 16.0 Å². The smallest absolute Gasteiger partial charge is 0.258 e. The van der Waals surface area contributed by atoms with Crippen LogP contribution in [-0.4, -0.2) is 19.1 Å². The quantitative estimate of drug-likeness (QED) is 0.598. The molecule has 0 bridgehead atoms. The zero-order valence-corrected chi connectivity index (χ0v) is 9.90. The van der Waals surface area contributed by atoms with Crippen molar-refractivity contribution < 1.29 is 13.3 Å². The molecule has 0 saturated carbocycles. The Hall–Kier alpha value is -1.43. The van der Waals surface area contributed by atoms with Gasteiger partial charge in [0.1, 0.15) is 0 Å². The third kappa shape index (κ3) is 3.03. The van der Waals surface area contributed by atoms with Crippen molar-refractivity contribution in [3.63, 3.8) is 0 Å². The van der Waals surface area contributed by atoms with Crippen LogP contribution >= 0.6 is 0 Å². The molecule has 0 saturated heterocycles. The van der Waals surface area contributed by atoms with E-state index in [4.69, 9.17) is 0 Å². The molecule has 0 heterocycles. The summed E-state index contributed by atoms with van der Waals surface area (Å²) in [5.74, 6) is -0.0157. The molecule has 5 nitrogen and oxygen atoms in total. The number of hydrogen-bond donors (Lipinski definition) is 0. The average molecular weight is 243 g/mol. The first-order valence-corrected chi connectivity index (χ1v) is 6.45. The molecule has 0 N–H and O–H groups in total. The molecule has 0 amide bonds. The molecule has 1 aromatic rings. The van der Waals surface area contributed by atoms with Crippen LogP contribution in [0.1, 0.15) is 13.8 Å². The Labute approximate surface area is 94.2 Å². The molecule has 0 fully saturated rings. The SMILES string of the molecule is CC(C)CS(=O)(=O)c1cccc([N+](=O)[O-])c1. The van der Waals surface area contributed by atoms with E-state index < -0.39 is 14.8 Å². The molecule has 1 aromatic carbocycles. The number of benzene rings is 1. The summed E-state index contributed by atoms with van der Waals surface area (Å²) in [6.07, 6.45) is 0. The molecule has 0 aliphatic rings. The predicted octanol–water partition coefficient (Wildman–Crippen LogP) is 2.02. The maximum absolute atomic E-state index is 11.8. The van der Waals surface area contributed by atoms with Gasteiger partial charge in [-0.15, -0.1) is 0 Å².